The molecule has 0 bridgehead atoms. The van der Waals surface area contributed by atoms with Gasteiger partial charge in [-0.25, -0.2) is 73.5 Å². The largest absolute Gasteiger partial charge is 0.498 e. The summed E-state index contributed by atoms with van der Waals surface area (Å²) in [6.45, 7) is 27.8. The van der Waals surface area contributed by atoms with E-state index < -0.39 is 11.2 Å². The van der Waals surface area contributed by atoms with E-state index in [-0.39, 0.29) is 37.1 Å². The van der Waals surface area contributed by atoms with Crippen molar-refractivity contribution in [1.82, 2.24) is 115 Å². The minimum Gasteiger partial charge on any atom is -0.489 e. The molecular formula is C94H110BCl4N23O9. The van der Waals surface area contributed by atoms with Crippen molar-refractivity contribution in [2.24, 2.45) is 17.8 Å². The Bertz CT molecular complexity index is 5690. The first kappa shape index (κ1) is 99.1. The predicted octanol–water partition coefficient (Wildman–Crippen LogP) is 17.7. The molecule has 4 fully saturated rings. The highest BCUT2D eigenvalue weighted by molar-refractivity contribution is 6.62. The van der Waals surface area contributed by atoms with Crippen molar-refractivity contribution < 1.29 is 43.0 Å². The Hall–Kier alpha value is -12.5. The molecular weight excluding hydrogens is 1750 g/mol. The summed E-state index contributed by atoms with van der Waals surface area (Å²) in [6.07, 6.45) is 38.7. The van der Waals surface area contributed by atoms with E-state index in [1.807, 2.05) is 213 Å². The number of aliphatic hydroxyl groups excluding tert-OH is 1. The van der Waals surface area contributed by atoms with Crippen LogP contribution in [0.3, 0.4) is 0 Å². The number of nitrogens with one attached hydrogen (secondary N) is 3. The maximum absolute atomic E-state index is 12.3. The summed E-state index contributed by atoms with van der Waals surface area (Å²) in [5, 5.41) is 40.4. The summed E-state index contributed by atoms with van der Waals surface area (Å²) in [5.74, 6) is 2.64. The van der Waals surface area contributed by atoms with Crippen LogP contribution in [-0.2, 0) is 18.8 Å². The Balaban J connectivity index is 0.000000151. The highest BCUT2D eigenvalue weighted by atomic mass is 35.5. The zero-order valence-electron chi connectivity index (χ0n) is 75.2. The second-order valence-electron chi connectivity index (χ2n) is 33.7. The number of hydrogen-bond acceptors (Lipinski definition) is 25. The number of aryl methyl sites for hydroxylation is 1. The molecule has 32 nitrogen and oxygen atoms in total. The zero-order valence-corrected chi connectivity index (χ0v) is 78.2. The third kappa shape index (κ3) is 31.1. The van der Waals surface area contributed by atoms with Crippen LogP contribution in [0.4, 0.5) is 9.59 Å². The number of rotatable bonds is 15. The number of aliphatic hydroxyl groups is 1. The van der Waals surface area contributed by atoms with Gasteiger partial charge in [0, 0.05) is 110 Å². The molecule has 0 spiro atoms. The number of nitrogens with zero attached hydrogens (tertiary/aromatic N) is 20. The smallest absolute Gasteiger partial charge is 0.489 e. The lowest BCUT2D eigenvalue weighted by molar-refractivity contribution is 0.00578. The van der Waals surface area contributed by atoms with Gasteiger partial charge in [0.1, 0.15) is 54.2 Å². The van der Waals surface area contributed by atoms with Gasteiger partial charge in [-0.15, -0.1) is 0 Å². The fourth-order valence-electron chi connectivity index (χ4n) is 13.1. The van der Waals surface area contributed by atoms with Crippen LogP contribution in [-0.4, -0.2) is 215 Å². The summed E-state index contributed by atoms with van der Waals surface area (Å²) in [6, 6.07) is 40.1. The van der Waals surface area contributed by atoms with Crippen LogP contribution in [0.2, 0.25) is 20.2 Å². The van der Waals surface area contributed by atoms with Crippen LogP contribution in [0, 0.1) is 24.7 Å². The molecule has 4 aromatic carbocycles. The SMILES string of the molecule is CC(C)(C)OC(=O)N1CCC(CO)CC1.CC(C)(C)OC(=O)N1CCC(COc2cncnc2-c2cnn(-c3ccccc3)c2)CC1.CC1(C)OB(c2cn[nH]c2)OC1(C)C.Cc1ccccc1.Clc1cncnc1-c1cn[nH]c1.Clc1cncnc1-c1cnn(-c2ccccc2)c1.Clc1cncnc1Cl.c1ccc(-n2cc(-c3ncncc3OCC3CCNCC3)cn2)cc1. The van der Waals surface area contributed by atoms with Crippen LogP contribution >= 0.6 is 46.4 Å². The van der Waals surface area contributed by atoms with Gasteiger partial charge in [0.15, 0.2) is 16.7 Å². The summed E-state index contributed by atoms with van der Waals surface area (Å²) in [5.41, 5.74) is 10.2. The Morgan fingerprint density at radius 3 is 1.18 bits per heavy atom. The molecule has 0 atom stereocenters. The molecule has 0 unspecified atom stereocenters. The first-order valence-corrected chi connectivity index (χ1v) is 44.4. The number of amides is 2. The summed E-state index contributed by atoms with van der Waals surface area (Å²) in [4.78, 5) is 67.5. The quantitative estimate of drug-likeness (QED) is 0.0547. The van der Waals surface area contributed by atoms with Gasteiger partial charge in [0.25, 0.3) is 0 Å². The van der Waals surface area contributed by atoms with Crippen molar-refractivity contribution in [3.05, 3.63) is 272 Å². The topological polar surface area (TPSA) is 368 Å². The number of carbonyl (C=O) groups excluding carboxylic acids is 2. The molecule has 18 rings (SSSR count). The van der Waals surface area contributed by atoms with E-state index in [0.717, 1.165) is 102 Å². The van der Waals surface area contributed by atoms with Crippen molar-refractivity contribution in [2.75, 3.05) is 59.1 Å². The third-order valence-electron chi connectivity index (χ3n) is 20.9. The van der Waals surface area contributed by atoms with Crippen LogP contribution in [0.15, 0.2) is 246 Å². The molecule has 4 aliphatic heterocycles. The van der Waals surface area contributed by atoms with Crippen molar-refractivity contribution >= 4 is 71.2 Å². The molecule has 131 heavy (non-hydrogen) atoms. The van der Waals surface area contributed by atoms with Crippen molar-refractivity contribution in [3.8, 4) is 73.6 Å². The molecule has 0 aliphatic carbocycles. The van der Waals surface area contributed by atoms with Crippen LogP contribution < -0.4 is 20.3 Å². The van der Waals surface area contributed by atoms with Crippen molar-refractivity contribution in [1.29, 1.82) is 0 Å². The normalized spacial score (nSPS) is 14.7. The van der Waals surface area contributed by atoms with Crippen molar-refractivity contribution in [3.63, 3.8) is 0 Å². The number of carbonyl (C=O) groups is 2. The lowest BCUT2D eigenvalue weighted by Crippen LogP contribution is -2.42. The van der Waals surface area contributed by atoms with Gasteiger partial charge in [0.2, 0.25) is 0 Å². The molecule has 10 aromatic heterocycles. The number of para-hydroxylation sites is 3. The minimum absolute atomic E-state index is 0.224. The van der Waals surface area contributed by atoms with Gasteiger partial charge >= 0.3 is 19.3 Å². The molecule has 2 amide bonds. The van der Waals surface area contributed by atoms with E-state index in [1.54, 1.807) is 82.8 Å². The second-order valence-corrected chi connectivity index (χ2v) is 35.3. The van der Waals surface area contributed by atoms with E-state index in [2.05, 4.69) is 110 Å². The van der Waals surface area contributed by atoms with Crippen LogP contribution in [0.5, 0.6) is 11.5 Å². The third-order valence-corrected chi connectivity index (χ3v) is 22.1. The second kappa shape index (κ2) is 49.0. The van der Waals surface area contributed by atoms with Crippen LogP contribution in [0.1, 0.15) is 113 Å². The number of halogens is 4. The van der Waals surface area contributed by atoms with Crippen LogP contribution in [0.25, 0.3) is 62.1 Å². The number of aromatic amines is 2. The lowest BCUT2D eigenvalue weighted by atomic mass is 9.82. The Morgan fingerprint density at radius 2 is 0.817 bits per heavy atom. The van der Waals surface area contributed by atoms with Gasteiger partial charge in [0.05, 0.1) is 111 Å². The first-order valence-electron chi connectivity index (χ1n) is 42.9. The number of likely N-dealkylation sites (tertiary alicyclic amines) is 2. The van der Waals surface area contributed by atoms with Gasteiger partial charge in [-0.3, -0.25) is 10.2 Å². The summed E-state index contributed by atoms with van der Waals surface area (Å²) >= 11 is 22.8. The molecule has 4 aliphatic rings. The lowest BCUT2D eigenvalue weighted by Gasteiger charge is -2.33. The van der Waals surface area contributed by atoms with E-state index >= 15 is 0 Å². The highest BCUT2D eigenvalue weighted by Gasteiger charge is 2.52. The maximum atomic E-state index is 12.3. The zero-order chi connectivity index (χ0) is 93.2. The fraction of sp³-hybridized carbons (Fsp3) is 0.351. The molecule has 686 valence electrons. The number of aromatic nitrogens is 20. The summed E-state index contributed by atoms with van der Waals surface area (Å²) in [7, 11) is -0.307. The molecule has 4 N–H and O–H groups in total. The van der Waals surface area contributed by atoms with Gasteiger partial charge < -0.3 is 48.5 Å². The van der Waals surface area contributed by atoms with Gasteiger partial charge in [-0.2, -0.15) is 25.5 Å². The van der Waals surface area contributed by atoms with E-state index in [9.17, 15) is 9.59 Å². The molecule has 14 heterocycles. The van der Waals surface area contributed by atoms with Gasteiger partial charge in [-0.05, 0) is 182 Å². The van der Waals surface area contributed by atoms with E-state index in [0.29, 0.717) is 106 Å². The number of H-pyrrole nitrogens is 2. The van der Waals surface area contributed by atoms with Crippen molar-refractivity contribution in [2.45, 2.75) is 137 Å². The Morgan fingerprint density at radius 1 is 0.450 bits per heavy atom. The number of benzene rings is 4. The Kier molecular flexibility index (Phi) is 37.1. The molecule has 4 saturated heterocycles. The standard InChI is InChI=1S/C24H29N5O3.C19H21N5O.C13H9ClN4.C11H21NO3.C9H15BN2O2.C7H5ClN4.C7H8.C4H2Cl2N2/c1-24(2,3)32-23(30)28-11-9-18(10-12-28)16-31-21-14-25-17-26-22(21)19-13-27-29(15-19)20-7-5-4-6-8-20;1-2-4-17(5-3-1)24-12-16(10-23-24)19-18(11-21-14-22-19)25-13-15-6-8-20-9-7-15;14-12-7-15-9-16-13(12)10-6-17-18(8-10)11-4-2-1-3-5-11;1-11(2,3)15-10(14)12-6-4-9(8-13)5-7-12;1-8(2)9(3,4)14-10(13-8)7-5-11-12-6-7;8-6-3-9-4-10-7(6)5-1-11-12-2-5;1-7-5-3-2-4-6-7;5-3-1-7-2-8-4(3)6/h4-8,13-15,17-18H,9-12,16H2,1-3H3;1-5,10-12,14-15,20H,6-9,13H2;1-9H;9,13H,4-8H2,1-3H3;5-6H,1-4H3,(H,11,12);1-4H,(H,11,12);2-6H,1H3;1-2H. The molecule has 0 saturated carbocycles. The molecule has 37 heteroatoms. The van der Waals surface area contributed by atoms with E-state index in [4.69, 9.17) is 79.8 Å². The monoisotopic (exact) mass is 1860 g/mol. The Labute approximate surface area is 783 Å². The number of hydrogen-bond donors (Lipinski definition) is 4. The maximum Gasteiger partial charge on any atom is 0.498 e. The first-order chi connectivity index (χ1) is 63.0. The highest BCUT2D eigenvalue weighted by Crippen LogP contribution is 2.37. The molecule has 14 aromatic rings. The fourth-order valence-corrected chi connectivity index (χ4v) is 13.7. The summed E-state index contributed by atoms with van der Waals surface area (Å²) < 4.78 is 40.0. The number of piperidine rings is 3. The average Bonchev–Trinajstić information content (AvgIpc) is 1.62. The van der Waals surface area contributed by atoms with Gasteiger partial charge in [-0.1, -0.05) is 137 Å². The van der Waals surface area contributed by atoms with E-state index in [1.165, 1.54) is 37.1 Å². The average molecular weight is 1860 g/mol. The molecule has 0 radical (unpaired) electrons. The number of ether oxygens (including phenoxy) is 4. The predicted molar refractivity (Wildman–Crippen MR) is 506 cm³/mol. The minimum atomic E-state index is -0.477.